The Balaban J connectivity index is 1.88. The molecule has 6 heteroatoms. The maximum atomic E-state index is 11.7. The molecule has 0 atom stereocenters. The average molecular weight is 275 g/mol. The number of carbonyl (C=O) groups excluding carboxylic acids is 1. The van der Waals surface area contributed by atoms with Crippen LogP contribution in [0.5, 0.6) is 0 Å². The van der Waals surface area contributed by atoms with Crippen LogP contribution in [0.4, 0.5) is 5.69 Å². The van der Waals surface area contributed by atoms with Crippen LogP contribution in [0.25, 0.3) is 5.65 Å². The van der Waals surface area contributed by atoms with Gasteiger partial charge in [0.15, 0.2) is 5.69 Å². The highest BCUT2D eigenvalue weighted by molar-refractivity contribution is 5.88. The Bertz CT molecular complexity index is 617. The zero-order valence-corrected chi connectivity index (χ0v) is 11.4. The summed E-state index contributed by atoms with van der Waals surface area (Å²) in [5, 5.41) is 0. The molecular formula is C14H17N3O3. The van der Waals surface area contributed by atoms with Crippen molar-refractivity contribution in [3.8, 4) is 0 Å². The number of ether oxygens (including phenoxy) is 2. The third-order valence-corrected chi connectivity index (χ3v) is 3.30. The van der Waals surface area contributed by atoms with Gasteiger partial charge in [0, 0.05) is 25.5 Å². The van der Waals surface area contributed by atoms with Crippen LogP contribution in [0.1, 0.15) is 17.4 Å². The van der Waals surface area contributed by atoms with E-state index in [1.54, 1.807) is 13.1 Å². The number of aromatic nitrogens is 2. The van der Waals surface area contributed by atoms with Gasteiger partial charge in [0.2, 0.25) is 0 Å². The topological polar surface area (TPSA) is 56.1 Å². The number of anilines is 1. The Kier molecular flexibility index (Phi) is 3.56. The van der Waals surface area contributed by atoms with Gasteiger partial charge in [-0.05, 0) is 19.1 Å². The Hall–Kier alpha value is -2.08. The van der Waals surface area contributed by atoms with Crippen LogP contribution in [0, 0.1) is 0 Å². The first-order valence-electron chi connectivity index (χ1n) is 6.76. The van der Waals surface area contributed by atoms with E-state index >= 15 is 0 Å². The first-order valence-corrected chi connectivity index (χ1v) is 6.76. The number of rotatable bonds is 3. The molecule has 0 aromatic carbocycles. The fourth-order valence-electron chi connectivity index (χ4n) is 2.29. The van der Waals surface area contributed by atoms with E-state index in [-0.39, 0.29) is 5.97 Å². The van der Waals surface area contributed by atoms with Crippen LogP contribution in [0.15, 0.2) is 24.5 Å². The van der Waals surface area contributed by atoms with E-state index in [0.717, 1.165) is 37.6 Å². The predicted octanol–water partition coefficient (Wildman–Crippen LogP) is 1.35. The maximum absolute atomic E-state index is 11.7. The third-order valence-electron chi connectivity index (χ3n) is 3.30. The number of carbonyl (C=O) groups is 1. The highest BCUT2D eigenvalue weighted by Gasteiger charge is 2.14. The van der Waals surface area contributed by atoms with Crippen LogP contribution in [0.2, 0.25) is 0 Å². The van der Waals surface area contributed by atoms with Crippen molar-refractivity contribution in [1.29, 1.82) is 0 Å². The van der Waals surface area contributed by atoms with Crippen molar-refractivity contribution in [1.82, 2.24) is 9.38 Å². The molecule has 0 amide bonds. The fraction of sp³-hybridized carbons (Fsp3) is 0.429. The molecule has 2 aromatic rings. The lowest BCUT2D eigenvalue weighted by Gasteiger charge is -2.28. The summed E-state index contributed by atoms with van der Waals surface area (Å²) in [5.41, 5.74) is 2.18. The number of hydrogen-bond acceptors (Lipinski definition) is 5. The number of fused-ring (bicyclic) bond motifs is 1. The van der Waals surface area contributed by atoms with Gasteiger partial charge in [-0.15, -0.1) is 0 Å². The summed E-state index contributed by atoms with van der Waals surface area (Å²) >= 11 is 0. The number of esters is 1. The SMILES string of the molecule is CCOC(=O)c1cn2cc(N3CCOCC3)ccc2n1. The molecule has 0 radical (unpaired) electrons. The van der Waals surface area contributed by atoms with E-state index in [0.29, 0.717) is 12.3 Å². The van der Waals surface area contributed by atoms with Crippen LogP contribution >= 0.6 is 0 Å². The molecule has 0 spiro atoms. The van der Waals surface area contributed by atoms with Crippen molar-refractivity contribution in [3.05, 3.63) is 30.2 Å². The maximum Gasteiger partial charge on any atom is 0.358 e. The smallest absolute Gasteiger partial charge is 0.358 e. The highest BCUT2D eigenvalue weighted by Crippen LogP contribution is 2.17. The third kappa shape index (κ3) is 2.46. The van der Waals surface area contributed by atoms with E-state index in [9.17, 15) is 4.79 Å². The summed E-state index contributed by atoms with van der Waals surface area (Å²) in [6, 6.07) is 3.93. The monoisotopic (exact) mass is 275 g/mol. The first kappa shape index (κ1) is 12.9. The molecule has 6 nitrogen and oxygen atoms in total. The Labute approximate surface area is 116 Å². The van der Waals surface area contributed by atoms with E-state index < -0.39 is 0 Å². The zero-order valence-electron chi connectivity index (χ0n) is 11.4. The van der Waals surface area contributed by atoms with Crippen molar-refractivity contribution in [3.63, 3.8) is 0 Å². The van der Waals surface area contributed by atoms with E-state index in [1.165, 1.54) is 0 Å². The number of hydrogen-bond donors (Lipinski definition) is 0. The molecule has 1 aliphatic heterocycles. The van der Waals surface area contributed by atoms with Crippen LogP contribution in [0.3, 0.4) is 0 Å². The summed E-state index contributed by atoms with van der Waals surface area (Å²) in [5.74, 6) is -0.385. The second-order valence-electron chi connectivity index (χ2n) is 4.60. The normalized spacial score (nSPS) is 15.6. The first-order chi connectivity index (χ1) is 9.78. The van der Waals surface area contributed by atoms with Crippen molar-refractivity contribution in [2.75, 3.05) is 37.8 Å². The van der Waals surface area contributed by atoms with E-state index in [1.807, 2.05) is 22.7 Å². The summed E-state index contributed by atoms with van der Waals surface area (Å²) in [6.45, 7) is 5.39. The van der Waals surface area contributed by atoms with Gasteiger partial charge in [-0.3, -0.25) is 0 Å². The standard InChI is InChI=1S/C14H17N3O3/c1-2-20-14(18)12-10-17-9-11(3-4-13(17)15-12)16-5-7-19-8-6-16/h3-4,9-10H,2,5-8H2,1H3. The van der Waals surface area contributed by atoms with Gasteiger partial charge in [0.1, 0.15) is 5.65 Å². The largest absolute Gasteiger partial charge is 0.461 e. The molecule has 20 heavy (non-hydrogen) atoms. The lowest BCUT2D eigenvalue weighted by atomic mass is 10.3. The van der Waals surface area contributed by atoms with E-state index in [2.05, 4.69) is 9.88 Å². The quantitative estimate of drug-likeness (QED) is 0.791. The molecule has 2 aromatic heterocycles. The molecule has 0 bridgehead atoms. The Morgan fingerprint density at radius 3 is 2.90 bits per heavy atom. The molecule has 0 unspecified atom stereocenters. The predicted molar refractivity (Wildman–Crippen MR) is 74.2 cm³/mol. The summed E-state index contributed by atoms with van der Waals surface area (Å²) in [4.78, 5) is 18.2. The van der Waals surface area contributed by atoms with Gasteiger partial charge >= 0.3 is 5.97 Å². The summed E-state index contributed by atoms with van der Waals surface area (Å²) < 4.78 is 12.2. The Morgan fingerprint density at radius 1 is 1.35 bits per heavy atom. The molecule has 1 saturated heterocycles. The van der Waals surface area contributed by atoms with Crippen molar-refractivity contribution < 1.29 is 14.3 Å². The van der Waals surface area contributed by atoms with Gasteiger partial charge in [0.25, 0.3) is 0 Å². The second kappa shape index (κ2) is 5.50. The molecule has 3 heterocycles. The average Bonchev–Trinajstić information content (AvgIpc) is 2.91. The van der Waals surface area contributed by atoms with Gasteiger partial charge in [-0.25, -0.2) is 9.78 Å². The minimum atomic E-state index is -0.385. The molecular weight excluding hydrogens is 258 g/mol. The van der Waals surface area contributed by atoms with Gasteiger partial charge in [0.05, 0.1) is 25.5 Å². The van der Waals surface area contributed by atoms with Crippen LogP contribution in [-0.2, 0) is 9.47 Å². The zero-order chi connectivity index (χ0) is 13.9. The van der Waals surface area contributed by atoms with Crippen molar-refractivity contribution >= 4 is 17.3 Å². The second-order valence-corrected chi connectivity index (χ2v) is 4.60. The minimum absolute atomic E-state index is 0.339. The van der Waals surface area contributed by atoms with Crippen molar-refractivity contribution in [2.45, 2.75) is 6.92 Å². The van der Waals surface area contributed by atoms with Gasteiger partial charge in [-0.1, -0.05) is 0 Å². The molecule has 0 saturated carbocycles. The molecule has 106 valence electrons. The molecule has 0 aliphatic carbocycles. The van der Waals surface area contributed by atoms with Gasteiger partial charge in [-0.2, -0.15) is 0 Å². The van der Waals surface area contributed by atoms with Crippen LogP contribution in [-0.4, -0.2) is 48.3 Å². The summed E-state index contributed by atoms with van der Waals surface area (Å²) in [6.07, 6.45) is 3.69. The number of pyridine rings is 1. The van der Waals surface area contributed by atoms with Crippen LogP contribution < -0.4 is 4.90 Å². The van der Waals surface area contributed by atoms with Gasteiger partial charge < -0.3 is 18.8 Å². The highest BCUT2D eigenvalue weighted by atomic mass is 16.5. The van der Waals surface area contributed by atoms with E-state index in [4.69, 9.17) is 9.47 Å². The molecule has 0 N–H and O–H groups in total. The number of imidazole rings is 1. The fourth-order valence-corrected chi connectivity index (χ4v) is 2.29. The summed E-state index contributed by atoms with van der Waals surface area (Å²) in [7, 11) is 0. The molecule has 1 fully saturated rings. The lowest BCUT2D eigenvalue weighted by molar-refractivity contribution is 0.0520. The minimum Gasteiger partial charge on any atom is -0.461 e. The number of nitrogens with zero attached hydrogens (tertiary/aromatic N) is 3. The number of morpholine rings is 1. The molecule has 3 rings (SSSR count). The molecule has 1 aliphatic rings. The van der Waals surface area contributed by atoms with Crippen molar-refractivity contribution in [2.24, 2.45) is 0 Å². The Morgan fingerprint density at radius 2 is 2.15 bits per heavy atom. The lowest BCUT2D eigenvalue weighted by Crippen LogP contribution is -2.36.